The Kier molecular flexibility index (Phi) is 5.08. The molecule has 5 N–H and O–H groups in total. The Hall–Kier alpha value is -4.11. The average molecular weight is 446 g/mol. The molecule has 0 aliphatic rings. The number of nitrogens with zero attached hydrogens (tertiary/aromatic N) is 1. The van der Waals surface area contributed by atoms with Crippen molar-refractivity contribution >= 4 is 49.9 Å². The number of para-hydroxylation sites is 1. The predicted octanol–water partition coefficient (Wildman–Crippen LogP) is 4.59. The van der Waals surface area contributed by atoms with Crippen LogP contribution in [0.4, 0.5) is 10.8 Å². The molecule has 0 atom stereocenters. The fourth-order valence-electron chi connectivity index (χ4n) is 3.70. The standard InChI is InChI=1S/C23H19N5O3S/c29-19(30)9-7-14-11-24-21-20(14)16-10-13(6-8-17(16)25-22(21)31)18-12-32-23(26-18)28-27-15-4-2-1-3-5-15/h1-6,8,10-12,24,27H,7,9H2,(H,25,31)(H,26,28)(H,29,30). The first kappa shape index (κ1) is 19.8. The molecule has 5 aromatic rings. The van der Waals surface area contributed by atoms with Crippen molar-refractivity contribution in [3.8, 4) is 11.3 Å². The summed E-state index contributed by atoms with van der Waals surface area (Å²) in [4.78, 5) is 34.1. The lowest BCUT2D eigenvalue weighted by atomic mass is 10.0. The summed E-state index contributed by atoms with van der Waals surface area (Å²) in [6.07, 6.45) is 2.06. The molecule has 160 valence electrons. The van der Waals surface area contributed by atoms with E-state index < -0.39 is 5.97 Å². The van der Waals surface area contributed by atoms with Crippen molar-refractivity contribution in [1.82, 2.24) is 15.0 Å². The highest BCUT2D eigenvalue weighted by Crippen LogP contribution is 2.31. The molecule has 0 aliphatic heterocycles. The van der Waals surface area contributed by atoms with Gasteiger partial charge in [-0.2, -0.15) is 0 Å². The SMILES string of the molecule is O=C(O)CCc1c[nH]c2c(=O)[nH]c3ccc(-c4csc(NNc5ccccc5)n4)cc3c12. The van der Waals surface area contributed by atoms with Crippen LogP contribution in [0.3, 0.4) is 0 Å². The molecule has 2 aromatic carbocycles. The molecule has 3 aromatic heterocycles. The van der Waals surface area contributed by atoms with E-state index in [0.717, 1.165) is 38.4 Å². The smallest absolute Gasteiger partial charge is 0.303 e. The van der Waals surface area contributed by atoms with E-state index in [1.54, 1.807) is 6.20 Å². The minimum Gasteiger partial charge on any atom is -0.481 e. The summed E-state index contributed by atoms with van der Waals surface area (Å²) in [5.41, 5.74) is 10.6. The van der Waals surface area contributed by atoms with Crippen molar-refractivity contribution in [1.29, 1.82) is 0 Å². The minimum absolute atomic E-state index is 0.00351. The van der Waals surface area contributed by atoms with Gasteiger partial charge in [0.05, 0.1) is 11.4 Å². The number of anilines is 2. The van der Waals surface area contributed by atoms with Gasteiger partial charge in [0.2, 0.25) is 5.13 Å². The van der Waals surface area contributed by atoms with E-state index in [1.165, 1.54) is 11.3 Å². The largest absolute Gasteiger partial charge is 0.481 e. The summed E-state index contributed by atoms with van der Waals surface area (Å²) in [5.74, 6) is -0.874. The number of aliphatic carboxylic acids is 1. The van der Waals surface area contributed by atoms with Gasteiger partial charge in [-0.1, -0.05) is 24.3 Å². The molecule has 0 spiro atoms. The number of aryl methyl sites for hydroxylation is 1. The maximum absolute atomic E-state index is 12.5. The first-order valence-electron chi connectivity index (χ1n) is 9.99. The molecule has 9 heteroatoms. The number of aromatic amines is 2. The van der Waals surface area contributed by atoms with Gasteiger partial charge in [-0.25, -0.2) is 4.98 Å². The molecule has 0 amide bonds. The van der Waals surface area contributed by atoms with Gasteiger partial charge >= 0.3 is 5.97 Å². The van der Waals surface area contributed by atoms with Crippen molar-refractivity contribution in [2.45, 2.75) is 12.8 Å². The van der Waals surface area contributed by atoms with Crippen LogP contribution in [0.2, 0.25) is 0 Å². The van der Waals surface area contributed by atoms with E-state index in [1.807, 2.05) is 53.9 Å². The maximum atomic E-state index is 12.5. The highest BCUT2D eigenvalue weighted by molar-refractivity contribution is 7.14. The summed E-state index contributed by atoms with van der Waals surface area (Å²) in [5, 5.41) is 13.4. The lowest BCUT2D eigenvalue weighted by Gasteiger charge is -2.06. The Morgan fingerprint density at radius 2 is 1.97 bits per heavy atom. The fourth-order valence-corrected chi connectivity index (χ4v) is 4.38. The second-order valence-electron chi connectivity index (χ2n) is 7.33. The van der Waals surface area contributed by atoms with Gasteiger partial charge in [-0.3, -0.25) is 20.4 Å². The molecular weight excluding hydrogens is 426 g/mol. The number of carboxylic acids is 1. The number of fused-ring (bicyclic) bond motifs is 3. The number of carbonyl (C=O) groups is 1. The summed E-state index contributed by atoms with van der Waals surface area (Å²) in [7, 11) is 0. The van der Waals surface area contributed by atoms with E-state index >= 15 is 0 Å². The van der Waals surface area contributed by atoms with Gasteiger partial charge in [-0.05, 0) is 36.2 Å². The Balaban J connectivity index is 1.50. The number of carboxylic acid groups (broad SMARTS) is 1. The number of pyridine rings is 1. The average Bonchev–Trinajstić information content (AvgIpc) is 3.45. The number of hydrogen-bond donors (Lipinski definition) is 5. The minimum atomic E-state index is -0.874. The molecule has 0 aliphatic carbocycles. The number of hydrogen-bond acceptors (Lipinski definition) is 6. The van der Waals surface area contributed by atoms with Crippen LogP contribution in [0, 0.1) is 0 Å². The second kappa shape index (κ2) is 8.20. The highest BCUT2D eigenvalue weighted by atomic mass is 32.1. The number of hydrazine groups is 1. The van der Waals surface area contributed by atoms with Crippen LogP contribution in [0.25, 0.3) is 33.1 Å². The van der Waals surface area contributed by atoms with E-state index in [0.29, 0.717) is 17.5 Å². The van der Waals surface area contributed by atoms with Gasteiger partial charge in [-0.15, -0.1) is 11.3 Å². The molecule has 8 nitrogen and oxygen atoms in total. The third-order valence-electron chi connectivity index (χ3n) is 5.22. The molecule has 0 fully saturated rings. The van der Waals surface area contributed by atoms with Crippen LogP contribution in [0.5, 0.6) is 0 Å². The van der Waals surface area contributed by atoms with Gasteiger partial charge in [0.1, 0.15) is 5.52 Å². The molecule has 32 heavy (non-hydrogen) atoms. The number of benzene rings is 2. The summed E-state index contributed by atoms with van der Waals surface area (Å²) < 4.78 is 0. The van der Waals surface area contributed by atoms with Crippen molar-refractivity contribution < 1.29 is 9.90 Å². The topological polar surface area (TPSA) is 123 Å². The van der Waals surface area contributed by atoms with Crippen molar-refractivity contribution in [3.63, 3.8) is 0 Å². The first-order chi connectivity index (χ1) is 15.6. The third kappa shape index (κ3) is 3.81. The molecule has 0 radical (unpaired) electrons. The Morgan fingerprint density at radius 3 is 2.78 bits per heavy atom. The Bertz CT molecular complexity index is 1490. The Labute approximate surface area is 185 Å². The van der Waals surface area contributed by atoms with E-state index in [4.69, 9.17) is 5.11 Å². The summed E-state index contributed by atoms with van der Waals surface area (Å²) >= 11 is 1.48. The number of rotatable bonds is 7. The first-order valence-corrected chi connectivity index (χ1v) is 10.9. The number of aromatic nitrogens is 3. The second-order valence-corrected chi connectivity index (χ2v) is 8.18. The fraction of sp³-hybridized carbons (Fsp3) is 0.0870. The number of thiazole rings is 1. The van der Waals surface area contributed by atoms with Crippen LogP contribution in [0.1, 0.15) is 12.0 Å². The molecule has 0 unspecified atom stereocenters. The number of H-pyrrole nitrogens is 2. The normalized spacial score (nSPS) is 11.1. The highest BCUT2D eigenvalue weighted by Gasteiger charge is 2.14. The molecule has 0 saturated heterocycles. The van der Waals surface area contributed by atoms with E-state index in [-0.39, 0.29) is 12.0 Å². The van der Waals surface area contributed by atoms with Crippen LogP contribution in [-0.4, -0.2) is 26.0 Å². The number of nitrogens with one attached hydrogen (secondary N) is 4. The lowest BCUT2D eigenvalue weighted by molar-refractivity contribution is -0.136. The van der Waals surface area contributed by atoms with Crippen molar-refractivity contribution in [2.75, 3.05) is 10.9 Å². The van der Waals surface area contributed by atoms with Gasteiger partial charge in [0, 0.05) is 39.9 Å². The predicted molar refractivity (Wildman–Crippen MR) is 127 cm³/mol. The molecule has 0 saturated carbocycles. The maximum Gasteiger partial charge on any atom is 0.303 e. The van der Waals surface area contributed by atoms with E-state index in [2.05, 4.69) is 25.8 Å². The monoisotopic (exact) mass is 445 g/mol. The summed E-state index contributed by atoms with van der Waals surface area (Å²) in [6, 6.07) is 15.5. The Morgan fingerprint density at radius 1 is 1.12 bits per heavy atom. The van der Waals surface area contributed by atoms with Crippen LogP contribution in [-0.2, 0) is 11.2 Å². The quantitative estimate of drug-likeness (QED) is 0.234. The molecular formula is C23H19N5O3S. The zero-order valence-corrected chi connectivity index (χ0v) is 17.6. The zero-order valence-electron chi connectivity index (χ0n) is 16.8. The van der Waals surface area contributed by atoms with Crippen LogP contribution in [0.15, 0.2) is 64.9 Å². The van der Waals surface area contributed by atoms with Gasteiger partial charge in [0.25, 0.3) is 5.56 Å². The van der Waals surface area contributed by atoms with Crippen molar-refractivity contribution in [3.05, 3.63) is 76.0 Å². The van der Waals surface area contributed by atoms with E-state index in [9.17, 15) is 9.59 Å². The molecule has 3 heterocycles. The van der Waals surface area contributed by atoms with Gasteiger partial charge in [0.15, 0.2) is 0 Å². The van der Waals surface area contributed by atoms with Crippen LogP contribution >= 0.6 is 11.3 Å². The zero-order chi connectivity index (χ0) is 22.1. The lowest BCUT2D eigenvalue weighted by Crippen LogP contribution is -2.07. The molecule has 5 rings (SSSR count). The third-order valence-corrected chi connectivity index (χ3v) is 5.98. The van der Waals surface area contributed by atoms with Crippen LogP contribution < -0.4 is 16.4 Å². The summed E-state index contributed by atoms with van der Waals surface area (Å²) in [6.45, 7) is 0. The van der Waals surface area contributed by atoms with Crippen molar-refractivity contribution in [2.24, 2.45) is 0 Å². The van der Waals surface area contributed by atoms with Gasteiger partial charge < -0.3 is 15.1 Å². The molecule has 0 bridgehead atoms.